The smallest absolute Gasteiger partial charge is 0.177 e. The summed E-state index contributed by atoms with van der Waals surface area (Å²) in [5.41, 5.74) is 3.77. The van der Waals surface area contributed by atoms with Gasteiger partial charge in [-0.2, -0.15) is 0 Å². The summed E-state index contributed by atoms with van der Waals surface area (Å²) in [6.07, 6.45) is 2.36. The van der Waals surface area contributed by atoms with Gasteiger partial charge in [0.15, 0.2) is 4.73 Å². The van der Waals surface area contributed by atoms with Gasteiger partial charge in [0, 0.05) is 7.05 Å². The van der Waals surface area contributed by atoms with Crippen molar-refractivity contribution in [2.45, 2.75) is 32.6 Å². The molecule has 0 saturated carbocycles. The molecule has 0 saturated heterocycles. The predicted octanol–water partition coefficient (Wildman–Crippen LogP) is 4.24. The van der Waals surface area contributed by atoms with Gasteiger partial charge >= 0.3 is 0 Å². The molecule has 0 amide bonds. The minimum absolute atomic E-state index is 0.631. The molecule has 0 N–H and O–H groups in total. The zero-order valence-corrected chi connectivity index (χ0v) is 11.6. The number of aromatic nitrogens is 2. The number of halogens is 1. The highest BCUT2D eigenvalue weighted by atomic mass is 79.9. The van der Waals surface area contributed by atoms with Crippen molar-refractivity contribution < 1.29 is 0 Å². The van der Waals surface area contributed by atoms with Gasteiger partial charge in [-0.1, -0.05) is 26.0 Å². The van der Waals surface area contributed by atoms with Gasteiger partial charge in [-0.15, -0.1) is 0 Å². The number of para-hydroxylation sites is 1. The highest BCUT2D eigenvalue weighted by Gasteiger charge is 2.15. The minimum Gasteiger partial charge on any atom is -0.321 e. The molecule has 0 aliphatic rings. The van der Waals surface area contributed by atoms with E-state index in [1.165, 1.54) is 23.9 Å². The predicted molar refractivity (Wildman–Crippen MR) is 71.7 cm³/mol. The molecule has 0 fully saturated rings. The lowest BCUT2D eigenvalue weighted by Crippen LogP contribution is -1.99. The molecule has 0 unspecified atom stereocenters. The van der Waals surface area contributed by atoms with E-state index in [-0.39, 0.29) is 0 Å². The van der Waals surface area contributed by atoms with Crippen molar-refractivity contribution in [1.29, 1.82) is 0 Å². The second kappa shape index (κ2) is 4.58. The standard InChI is InChI=1S/C13H17BrN2/c1-4-9(5-2)10-7-6-8-11-12(10)16(3)13(14)15-11/h6-9H,4-5H2,1-3H3. The number of aryl methyl sites for hydroxylation is 1. The second-order valence-electron chi connectivity index (χ2n) is 4.17. The first-order valence-electron chi connectivity index (χ1n) is 5.79. The molecular weight excluding hydrogens is 264 g/mol. The summed E-state index contributed by atoms with van der Waals surface area (Å²) < 4.78 is 3.03. The van der Waals surface area contributed by atoms with Crippen molar-refractivity contribution in [3.8, 4) is 0 Å². The lowest BCUT2D eigenvalue weighted by molar-refractivity contribution is 0.643. The van der Waals surface area contributed by atoms with Gasteiger partial charge in [0.2, 0.25) is 0 Å². The van der Waals surface area contributed by atoms with Crippen LogP contribution >= 0.6 is 15.9 Å². The van der Waals surface area contributed by atoms with Crippen molar-refractivity contribution in [2.24, 2.45) is 7.05 Å². The fraction of sp³-hybridized carbons (Fsp3) is 0.462. The van der Waals surface area contributed by atoms with E-state index >= 15 is 0 Å². The largest absolute Gasteiger partial charge is 0.321 e. The van der Waals surface area contributed by atoms with E-state index in [9.17, 15) is 0 Å². The van der Waals surface area contributed by atoms with Crippen LogP contribution in [-0.4, -0.2) is 9.55 Å². The van der Waals surface area contributed by atoms with Crippen LogP contribution < -0.4 is 0 Å². The summed E-state index contributed by atoms with van der Waals surface area (Å²) in [6.45, 7) is 4.50. The molecule has 0 spiro atoms. The zero-order valence-electron chi connectivity index (χ0n) is 10.00. The summed E-state index contributed by atoms with van der Waals surface area (Å²) in [4.78, 5) is 4.50. The molecule has 3 heteroatoms. The maximum atomic E-state index is 4.50. The molecule has 0 radical (unpaired) electrons. The Hall–Kier alpha value is -0.830. The summed E-state index contributed by atoms with van der Waals surface area (Å²) in [5.74, 6) is 0.631. The fourth-order valence-corrected chi connectivity index (χ4v) is 2.70. The van der Waals surface area contributed by atoms with E-state index in [1.54, 1.807) is 0 Å². The van der Waals surface area contributed by atoms with E-state index in [0.29, 0.717) is 5.92 Å². The molecule has 1 aromatic carbocycles. The fourth-order valence-electron chi connectivity index (χ4n) is 2.33. The van der Waals surface area contributed by atoms with Crippen molar-refractivity contribution >= 4 is 27.0 Å². The average Bonchev–Trinajstić information content (AvgIpc) is 2.57. The van der Waals surface area contributed by atoms with Crippen LogP contribution in [0.2, 0.25) is 0 Å². The van der Waals surface area contributed by atoms with Crippen LogP contribution in [0.5, 0.6) is 0 Å². The summed E-state index contributed by atoms with van der Waals surface area (Å²) >= 11 is 3.49. The van der Waals surface area contributed by atoms with Crippen LogP contribution in [0.4, 0.5) is 0 Å². The number of rotatable bonds is 3. The Labute approximate surface area is 105 Å². The van der Waals surface area contributed by atoms with E-state index < -0.39 is 0 Å². The Kier molecular flexibility index (Phi) is 3.33. The number of hydrogen-bond donors (Lipinski definition) is 0. The van der Waals surface area contributed by atoms with Crippen LogP contribution in [-0.2, 0) is 7.05 Å². The Bertz CT molecular complexity index is 498. The Morgan fingerprint density at radius 1 is 1.31 bits per heavy atom. The van der Waals surface area contributed by atoms with Crippen molar-refractivity contribution in [3.63, 3.8) is 0 Å². The number of hydrogen-bond acceptors (Lipinski definition) is 1. The molecule has 0 bridgehead atoms. The molecule has 2 rings (SSSR count). The molecular formula is C13H17BrN2. The third-order valence-corrected chi connectivity index (χ3v) is 4.01. The Balaban J connectivity index is 2.69. The van der Waals surface area contributed by atoms with Crippen LogP contribution in [0.25, 0.3) is 11.0 Å². The molecule has 2 aromatic rings. The number of fused-ring (bicyclic) bond motifs is 1. The quantitative estimate of drug-likeness (QED) is 0.822. The first-order valence-corrected chi connectivity index (χ1v) is 6.59. The first-order chi connectivity index (χ1) is 7.69. The Morgan fingerprint density at radius 3 is 2.62 bits per heavy atom. The molecule has 16 heavy (non-hydrogen) atoms. The second-order valence-corrected chi connectivity index (χ2v) is 4.88. The molecule has 1 heterocycles. The van der Waals surface area contributed by atoms with E-state index in [1.807, 2.05) is 0 Å². The van der Waals surface area contributed by atoms with Gasteiger partial charge in [-0.05, 0) is 46.3 Å². The molecule has 0 aliphatic carbocycles. The normalized spacial score (nSPS) is 11.6. The molecule has 2 nitrogen and oxygen atoms in total. The van der Waals surface area contributed by atoms with Crippen molar-refractivity contribution in [1.82, 2.24) is 9.55 Å². The summed E-state index contributed by atoms with van der Waals surface area (Å²) in [5, 5.41) is 0. The molecule has 86 valence electrons. The monoisotopic (exact) mass is 280 g/mol. The van der Waals surface area contributed by atoms with Gasteiger partial charge in [0.1, 0.15) is 0 Å². The SMILES string of the molecule is CCC(CC)c1cccc2nc(Br)n(C)c12. The molecule has 0 atom stereocenters. The topological polar surface area (TPSA) is 17.8 Å². The maximum absolute atomic E-state index is 4.50. The summed E-state index contributed by atoms with van der Waals surface area (Å²) in [7, 11) is 2.06. The lowest BCUT2D eigenvalue weighted by Gasteiger charge is -2.14. The molecule has 1 aromatic heterocycles. The highest BCUT2D eigenvalue weighted by Crippen LogP contribution is 2.31. The average molecular weight is 281 g/mol. The van der Waals surface area contributed by atoms with E-state index in [0.717, 1.165) is 10.3 Å². The van der Waals surface area contributed by atoms with Gasteiger partial charge in [0.25, 0.3) is 0 Å². The third-order valence-electron chi connectivity index (χ3n) is 3.30. The van der Waals surface area contributed by atoms with Crippen LogP contribution in [0.3, 0.4) is 0 Å². The minimum atomic E-state index is 0.631. The number of nitrogens with zero attached hydrogens (tertiary/aromatic N) is 2. The van der Waals surface area contributed by atoms with Gasteiger partial charge in [0.05, 0.1) is 11.0 Å². The van der Waals surface area contributed by atoms with E-state index in [2.05, 4.69) is 64.6 Å². The molecule has 0 aliphatic heterocycles. The van der Waals surface area contributed by atoms with Gasteiger partial charge < -0.3 is 4.57 Å². The third kappa shape index (κ3) is 1.77. The van der Waals surface area contributed by atoms with Gasteiger partial charge in [-0.3, -0.25) is 0 Å². The van der Waals surface area contributed by atoms with Crippen molar-refractivity contribution in [3.05, 3.63) is 28.5 Å². The lowest BCUT2D eigenvalue weighted by atomic mass is 9.93. The van der Waals surface area contributed by atoms with Gasteiger partial charge in [-0.25, -0.2) is 4.98 Å². The van der Waals surface area contributed by atoms with E-state index in [4.69, 9.17) is 0 Å². The van der Waals surface area contributed by atoms with Crippen LogP contribution in [0.1, 0.15) is 38.2 Å². The highest BCUT2D eigenvalue weighted by molar-refractivity contribution is 9.10. The Morgan fingerprint density at radius 2 is 2.00 bits per heavy atom. The first kappa shape index (κ1) is 11.6. The number of benzene rings is 1. The van der Waals surface area contributed by atoms with Crippen molar-refractivity contribution in [2.75, 3.05) is 0 Å². The summed E-state index contributed by atoms with van der Waals surface area (Å²) in [6, 6.07) is 6.41. The zero-order chi connectivity index (χ0) is 11.7. The van der Waals surface area contributed by atoms with Crippen LogP contribution in [0.15, 0.2) is 22.9 Å². The number of imidazole rings is 1. The van der Waals surface area contributed by atoms with Crippen LogP contribution in [0, 0.1) is 0 Å². The maximum Gasteiger partial charge on any atom is 0.177 e.